The molecule has 1 heterocycles. The lowest BCUT2D eigenvalue weighted by molar-refractivity contribution is 0.0608. The molecule has 0 saturated heterocycles. The van der Waals surface area contributed by atoms with Gasteiger partial charge in [-0.25, -0.2) is 4.39 Å². The Hall–Kier alpha value is -3.26. The first-order valence-electron chi connectivity index (χ1n) is 9.24. The number of rotatable bonds is 6. The second-order valence-corrected chi connectivity index (χ2v) is 7.35. The maximum atomic E-state index is 13.7. The molecular formula is C21H19ClFN3O4. The third-order valence-corrected chi connectivity index (χ3v) is 4.90. The molecule has 0 fully saturated rings. The van der Waals surface area contributed by atoms with Crippen molar-refractivity contribution in [1.82, 2.24) is 15.5 Å². The van der Waals surface area contributed by atoms with Crippen molar-refractivity contribution in [2.24, 2.45) is 0 Å². The fourth-order valence-corrected chi connectivity index (χ4v) is 3.38. The number of nitrogens with one attached hydrogen (secondary N) is 2. The number of carbonyl (C=O) groups is 4. The minimum atomic E-state index is -0.739. The van der Waals surface area contributed by atoms with Crippen molar-refractivity contribution in [3.8, 4) is 0 Å². The molecular weight excluding hydrogens is 413 g/mol. The Morgan fingerprint density at radius 1 is 1.00 bits per heavy atom. The Balaban J connectivity index is 1.59. The molecule has 2 aromatic rings. The standard InChI is InChI=1S/C21H19ClFN3O4/c1-11(2)26-20(29)13-7-6-12(10-14(13)21(26)30)18(27)24-8-9-25-19(28)17-15(22)4-3-5-16(17)23/h3-7,10-11H,8-9H2,1-2H3,(H,24,27)(H,25,28). The molecule has 9 heteroatoms. The molecule has 4 amide bonds. The highest BCUT2D eigenvalue weighted by Crippen LogP contribution is 2.25. The molecule has 0 atom stereocenters. The maximum absolute atomic E-state index is 13.7. The van der Waals surface area contributed by atoms with Gasteiger partial charge in [-0.15, -0.1) is 0 Å². The van der Waals surface area contributed by atoms with E-state index in [1.165, 1.54) is 30.3 Å². The summed E-state index contributed by atoms with van der Waals surface area (Å²) in [5, 5.41) is 5.06. The van der Waals surface area contributed by atoms with E-state index in [2.05, 4.69) is 10.6 Å². The van der Waals surface area contributed by atoms with Gasteiger partial charge in [-0.3, -0.25) is 24.1 Å². The molecule has 2 N–H and O–H groups in total. The van der Waals surface area contributed by atoms with E-state index in [4.69, 9.17) is 11.6 Å². The summed E-state index contributed by atoms with van der Waals surface area (Å²) in [5.74, 6) is -2.72. The van der Waals surface area contributed by atoms with Crippen molar-refractivity contribution in [2.75, 3.05) is 13.1 Å². The van der Waals surface area contributed by atoms with Crippen molar-refractivity contribution in [3.63, 3.8) is 0 Å². The largest absolute Gasteiger partial charge is 0.350 e. The molecule has 7 nitrogen and oxygen atoms in total. The van der Waals surface area contributed by atoms with Gasteiger partial charge in [0.1, 0.15) is 5.82 Å². The summed E-state index contributed by atoms with van der Waals surface area (Å²) in [4.78, 5) is 50.3. The van der Waals surface area contributed by atoms with Crippen LogP contribution in [0.5, 0.6) is 0 Å². The van der Waals surface area contributed by atoms with Crippen molar-refractivity contribution in [1.29, 1.82) is 0 Å². The lowest BCUT2D eigenvalue weighted by atomic mass is 10.1. The van der Waals surface area contributed by atoms with Gasteiger partial charge in [-0.2, -0.15) is 0 Å². The minimum Gasteiger partial charge on any atom is -0.350 e. The van der Waals surface area contributed by atoms with Crippen molar-refractivity contribution < 1.29 is 23.6 Å². The first-order chi connectivity index (χ1) is 14.2. The number of benzene rings is 2. The Labute approximate surface area is 177 Å². The van der Waals surface area contributed by atoms with E-state index in [9.17, 15) is 23.6 Å². The molecule has 0 aromatic heterocycles. The summed E-state index contributed by atoms with van der Waals surface area (Å²) in [6.07, 6.45) is 0. The fourth-order valence-electron chi connectivity index (χ4n) is 3.13. The van der Waals surface area contributed by atoms with E-state index in [0.29, 0.717) is 0 Å². The minimum absolute atomic E-state index is 0.00988. The number of halogens is 2. The predicted molar refractivity (Wildman–Crippen MR) is 108 cm³/mol. The average molecular weight is 432 g/mol. The normalized spacial score (nSPS) is 12.9. The van der Waals surface area contributed by atoms with Crippen LogP contribution in [0.15, 0.2) is 36.4 Å². The van der Waals surface area contributed by atoms with Crippen molar-refractivity contribution in [2.45, 2.75) is 19.9 Å². The van der Waals surface area contributed by atoms with E-state index in [-0.39, 0.29) is 52.3 Å². The second kappa shape index (κ2) is 8.62. The van der Waals surface area contributed by atoms with Crippen molar-refractivity contribution >= 4 is 35.2 Å². The van der Waals surface area contributed by atoms with Gasteiger partial charge in [-0.1, -0.05) is 17.7 Å². The highest BCUT2D eigenvalue weighted by atomic mass is 35.5. The van der Waals surface area contributed by atoms with Gasteiger partial charge in [0, 0.05) is 24.7 Å². The molecule has 1 aliphatic heterocycles. The van der Waals surface area contributed by atoms with Crippen LogP contribution in [0.4, 0.5) is 4.39 Å². The molecule has 0 aliphatic carbocycles. The van der Waals surface area contributed by atoms with E-state index >= 15 is 0 Å². The first kappa shape index (κ1) is 21.4. The summed E-state index contributed by atoms with van der Waals surface area (Å²) in [7, 11) is 0. The summed E-state index contributed by atoms with van der Waals surface area (Å²) in [6.45, 7) is 3.58. The quantitative estimate of drug-likeness (QED) is 0.543. The number of nitrogens with zero attached hydrogens (tertiary/aromatic N) is 1. The number of fused-ring (bicyclic) bond motifs is 1. The summed E-state index contributed by atoms with van der Waals surface area (Å²) < 4.78 is 13.7. The summed E-state index contributed by atoms with van der Waals surface area (Å²) in [6, 6.07) is 7.93. The molecule has 3 rings (SSSR count). The van der Waals surface area contributed by atoms with Gasteiger partial charge in [-0.05, 0) is 44.2 Å². The Kier molecular flexibility index (Phi) is 6.17. The van der Waals surface area contributed by atoms with Gasteiger partial charge in [0.05, 0.1) is 21.7 Å². The zero-order chi connectivity index (χ0) is 22.0. The van der Waals surface area contributed by atoms with Crippen LogP contribution in [0.3, 0.4) is 0 Å². The Morgan fingerprint density at radius 2 is 1.63 bits per heavy atom. The molecule has 30 heavy (non-hydrogen) atoms. The zero-order valence-corrected chi connectivity index (χ0v) is 17.0. The molecule has 2 aromatic carbocycles. The monoisotopic (exact) mass is 431 g/mol. The number of imide groups is 1. The fraction of sp³-hybridized carbons (Fsp3) is 0.238. The molecule has 0 spiro atoms. The lowest BCUT2D eigenvalue weighted by Gasteiger charge is -2.17. The van der Waals surface area contributed by atoms with Crippen LogP contribution >= 0.6 is 11.6 Å². The van der Waals surface area contributed by atoms with Gasteiger partial charge < -0.3 is 10.6 Å². The van der Waals surface area contributed by atoms with E-state index in [1.807, 2.05) is 0 Å². The number of hydrogen-bond donors (Lipinski definition) is 2. The lowest BCUT2D eigenvalue weighted by Crippen LogP contribution is -2.36. The molecule has 1 aliphatic rings. The SMILES string of the molecule is CC(C)N1C(=O)c2ccc(C(=O)NCCNC(=O)c3c(F)cccc3Cl)cc2C1=O. The Morgan fingerprint density at radius 3 is 2.27 bits per heavy atom. The summed E-state index contributed by atoms with van der Waals surface area (Å²) >= 11 is 5.84. The highest BCUT2D eigenvalue weighted by molar-refractivity contribution is 6.33. The highest BCUT2D eigenvalue weighted by Gasteiger charge is 2.37. The van der Waals surface area contributed by atoms with Crippen LogP contribution in [0.1, 0.15) is 55.3 Å². The van der Waals surface area contributed by atoms with Gasteiger partial charge in [0.25, 0.3) is 23.6 Å². The second-order valence-electron chi connectivity index (χ2n) is 6.94. The van der Waals surface area contributed by atoms with Crippen LogP contribution in [0.2, 0.25) is 5.02 Å². The number of hydrogen-bond acceptors (Lipinski definition) is 4. The molecule has 156 valence electrons. The van der Waals surface area contributed by atoms with Crippen LogP contribution in [-0.4, -0.2) is 47.7 Å². The average Bonchev–Trinajstić information content (AvgIpc) is 2.95. The topological polar surface area (TPSA) is 95.6 Å². The van der Waals surface area contributed by atoms with Crippen LogP contribution in [0, 0.1) is 5.82 Å². The molecule has 0 radical (unpaired) electrons. The van der Waals surface area contributed by atoms with E-state index < -0.39 is 23.5 Å². The van der Waals surface area contributed by atoms with Gasteiger partial charge in [0.2, 0.25) is 0 Å². The smallest absolute Gasteiger partial charge is 0.261 e. The third-order valence-electron chi connectivity index (χ3n) is 4.58. The molecule has 0 unspecified atom stereocenters. The van der Waals surface area contributed by atoms with Gasteiger partial charge >= 0.3 is 0 Å². The van der Waals surface area contributed by atoms with Crippen molar-refractivity contribution in [3.05, 3.63) is 69.5 Å². The number of carbonyl (C=O) groups excluding carboxylic acids is 4. The maximum Gasteiger partial charge on any atom is 0.261 e. The van der Waals surface area contributed by atoms with Gasteiger partial charge in [0.15, 0.2) is 0 Å². The molecule has 0 bridgehead atoms. The van der Waals surface area contributed by atoms with Crippen LogP contribution < -0.4 is 10.6 Å². The first-order valence-corrected chi connectivity index (χ1v) is 9.62. The number of amides is 4. The van der Waals surface area contributed by atoms with Crippen LogP contribution in [0.25, 0.3) is 0 Å². The summed E-state index contributed by atoms with van der Waals surface area (Å²) in [5.41, 5.74) is 0.397. The van der Waals surface area contributed by atoms with Crippen LogP contribution in [-0.2, 0) is 0 Å². The Bertz CT molecular complexity index is 1030. The third kappa shape index (κ3) is 4.04. The zero-order valence-electron chi connectivity index (χ0n) is 16.3. The van der Waals surface area contributed by atoms with E-state index in [1.54, 1.807) is 13.8 Å². The molecule has 0 saturated carbocycles. The van der Waals surface area contributed by atoms with E-state index in [0.717, 1.165) is 11.0 Å². The predicted octanol–water partition coefficient (Wildman–Crippen LogP) is 2.64.